The van der Waals surface area contributed by atoms with Crippen molar-refractivity contribution in [2.24, 2.45) is 0 Å². The molecule has 1 spiro atoms. The van der Waals surface area contributed by atoms with Crippen LogP contribution in [0.25, 0.3) is 0 Å². The molecule has 1 unspecified atom stereocenters. The number of hydrogen-bond donors (Lipinski definition) is 2. The van der Waals surface area contributed by atoms with E-state index >= 15 is 0 Å². The molecule has 2 heterocycles. The van der Waals surface area contributed by atoms with Crippen LogP contribution in [0.15, 0.2) is 12.3 Å². The summed E-state index contributed by atoms with van der Waals surface area (Å²) in [7, 11) is 0. The van der Waals surface area contributed by atoms with Gasteiger partial charge in [-0.05, 0) is 19.8 Å². The number of hydrogen-bond acceptors (Lipinski definition) is 3. The fourth-order valence-electron chi connectivity index (χ4n) is 2.36. The Hall–Kier alpha value is -0.540. The topological polar surface area (TPSA) is 27.3 Å². The number of nitrogens with one attached hydrogen (secondary N) is 2. The second-order valence-electron chi connectivity index (χ2n) is 4.32. The van der Waals surface area contributed by atoms with Crippen molar-refractivity contribution in [1.29, 1.82) is 0 Å². The molecule has 0 amide bonds. The molecule has 0 radical (unpaired) electrons. The van der Waals surface area contributed by atoms with E-state index in [-0.39, 0.29) is 0 Å². The maximum atomic E-state index is 4.01. The first kappa shape index (κ1) is 9.03. The monoisotopic (exact) mass is 181 g/mol. The number of allylic oxidation sites excluding steroid dienone is 1. The average molecular weight is 181 g/mol. The van der Waals surface area contributed by atoms with Crippen LogP contribution in [0.5, 0.6) is 0 Å². The molecule has 2 fully saturated rings. The average Bonchev–Trinajstić information content (AvgIpc) is 2.53. The SMILES string of the molecule is C=C(C)N1CCCC2(CNCN2)C1. The molecule has 2 aliphatic rings. The third-order valence-electron chi connectivity index (χ3n) is 3.17. The minimum atomic E-state index is 0.331. The third kappa shape index (κ3) is 1.71. The molecule has 13 heavy (non-hydrogen) atoms. The summed E-state index contributed by atoms with van der Waals surface area (Å²) in [5.74, 6) is 0. The van der Waals surface area contributed by atoms with Crippen molar-refractivity contribution in [3.63, 3.8) is 0 Å². The smallest absolute Gasteiger partial charge is 0.0494 e. The van der Waals surface area contributed by atoms with Crippen molar-refractivity contribution >= 4 is 0 Å². The van der Waals surface area contributed by atoms with Gasteiger partial charge in [0.2, 0.25) is 0 Å². The highest BCUT2D eigenvalue weighted by Gasteiger charge is 2.37. The minimum absolute atomic E-state index is 0.331. The van der Waals surface area contributed by atoms with E-state index in [0.29, 0.717) is 5.54 Å². The molecule has 0 aromatic rings. The zero-order valence-corrected chi connectivity index (χ0v) is 8.40. The van der Waals surface area contributed by atoms with Crippen molar-refractivity contribution in [3.8, 4) is 0 Å². The lowest BCUT2D eigenvalue weighted by molar-refractivity contribution is 0.177. The van der Waals surface area contributed by atoms with E-state index in [1.165, 1.54) is 25.1 Å². The van der Waals surface area contributed by atoms with E-state index < -0.39 is 0 Å². The summed E-state index contributed by atoms with van der Waals surface area (Å²) in [6.45, 7) is 10.5. The van der Waals surface area contributed by atoms with Crippen LogP contribution in [0.4, 0.5) is 0 Å². The zero-order valence-electron chi connectivity index (χ0n) is 8.40. The highest BCUT2D eigenvalue weighted by molar-refractivity contribution is 5.04. The van der Waals surface area contributed by atoms with Crippen LogP contribution >= 0.6 is 0 Å². The van der Waals surface area contributed by atoms with Crippen LogP contribution in [0.1, 0.15) is 19.8 Å². The number of likely N-dealkylation sites (tertiary alicyclic amines) is 1. The Morgan fingerprint density at radius 1 is 1.54 bits per heavy atom. The Morgan fingerprint density at radius 2 is 2.38 bits per heavy atom. The van der Waals surface area contributed by atoms with Gasteiger partial charge in [0.05, 0.1) is 0 Å². The predicted molar refractivity (Wildman–Crippen MR) is 54.4 cm³/mol. The summed E-state index contributed by atoms with van der Waals surface area (Å²) >= 11 is 0. The van der Waals surface area contributed by atoms with Crippen LogP contribution in [0.3, 0.4) is 0 Å². The van der Waals surface area contributed by atoms with Crippen molar-refractivity contribution in [3.05, 3.63) is 12.3 Å². The molecule has 0 bridgehead atoms. The Bertz CT molecular complexity index is 206. The van der Waals surface area contributed by atoms with Gasteiger partial charge in [-0.15, -0.1) is 0 Å². The maximum Gasteiger partial charge on any atom is 0.0494 e. The summed E-state index contributed by atoms with van der Waals surface area (Å²) in [6, 6.07) is 0. The highest BCUT2D eigenvalue weighted by atomic mass is 15.3. The molecule has 3 nitrogen and oxygen atoms in total. The van der Waals surface area contributed by atoms with E-state index in [1.54, 1.807) is 0 Å². The standard InChI is InChI=1S/C10H19N3/c1-9(2)13-5-3-4-10(7-13)6-11-8-12-10/h11-12H,1,3-8H2,2H3. The van der Waals surface area contributed by atoms with Crippen LogP contribution in [-0.2, 0) is 0 Å². The first-order chi connectivity index (χ1) is 6.22. The second kappa shape index (κ2) is 3.31. The molecule has 1 atom stereocenters. The zero-order chi connectivity index (χ0) is 9.31. The molecule has 0 aromatic carbocycles. The molecular formula is C10H19N3. The molecular weight excluding hydrogens is 162 g/mol. The van der Waals surface area contributed by atoms with Crippen molar-refractivity contribution in [1.82, 2.24) is 15.5 Å². The molecule has 2 rings (SSSR count). The normalized spacial score (nSPS) is 34.1. The van der Waals surface area contributed by atoms with Gasteiger partial charge >= 0.3 is 0 Å². The molecule has 0 aromatic heterocycles. The minimum Gasteiger partial charge on any atom is -0.374 e. The van der Waals surface area contributed by atoms with E-state index in [9.17, 15) is 0 Å². The molecule has 2 N–H and O–H groups in total. The summed E-state index contributed by atoms with van der Waals surface area (Å²) < 4.78 is 0. The van der Waals surface area contributed by atoms with Gasteiger partial charge in [0, 0.05) is 37.5 Å². The van der Waals surface area contributed by atoms with E-state index in [4.69, 9.17) is 0 Å². The summed E-state index contributed by atoms with van der Waals surface area (Å²) in [6.07, 6.45) is 2.57. The van der Waals surface area contributed by atoms with Gasteiger partial charge in [0.15, 0.2) is 0 Å². The molecule has 3 heteroatoms. The first-order valence-electron chi connectivity index (χ1n) is 5.08. The highest BCUT2D eigenvalue weighted by Crippen LogP contribution is 2.24. The van der Waals surface area contributed by atoms with Crippen LogP contribution in [-0.4, -0.2) is 36.7 Å². The molecule has 2 aliphatic heterocycles. The maximum absolute atomic E-state index is 4.01. The van der Waals surface area contributed by atoms with Crippen molar-refractivity contribution in [2.45, 2.75) is 25.3 Å². The van der Waals surface area contributed by atoms with Crippen LogP contribution < -0.4 is 10.6 Å². The largest absolute Gasteiger partial charge is 0.374 e. The van der Waals surface area contributed by atoms with Gasteiger partial charge in [-0.25, -0.2) is 0 Å². The van der Waals surface area contributed by atoms with Crippen molar-refractivity contribution < 1.29 is 0 Å². The summed E-state index contributed by atoms with van der Waals surface area (Å²) in [4.78, 5) is 2.39. The quantitative estimate of drug-likeness (QED) is 0.617. The Balaban J connectivity index is 2.02. The van der Waals surface area contributed by atoms with Gasteiger partial charge in [0.1, 0.15) is 0 Å². The van der Waals surface area contributed by atoms with Crippen LogP contribution in [0.2, 0.25) is 0 Å². The van der Waals surface area contributed by atoms with E-state index in [1.807, 2.05) is 0 Å². The fourth-order valence-corrected chi connectivity index (χ4v) is 2.36. The number of piperidine rings is 1. The molecule has 0 saturated carbocycles. The molecule has 2 saturated heterocycles. The predicted octanol–water partition coefficient (Wildman–Crippen LogP) is 0.505. The first-order valence-corrected chi connectivity index (χ1v) is 5.08. The Labute approximate surface area is 80.2 Å². The van der Waals surface area contributed by atoms with E-state index in [2.05, 4.69) is 29.0 Å². The fraction of sp³-hybridized carbons (Fsp3) is 0.800. The second-order valence-corrected chi connectivity index (χ2v) is 4.32. The molecule has 0 aliphatic carbocycles. The van der Waals surface area contributed by atoms with Crippen molar-refractivity contribution in [2.75, 3.05) is 26.3 Å². The molecule has 74 valence electrons. The van der Waals surface area contributed by atoms with Gasteiger partial charge in [-0.3, -0.25) is 5.32 Å². The lowest BCUT2D eigenvalue weighted by atomic mass is 9.90. The lowest BCUT2D eigenvalue weighted by Crippen LogP contribution is -2.55. The lowest BCUT2D eigenvalue weighted by Gasteiger charge is -2.41. The third-order valence-corrected chi connectivity index (χ3v) is 3.17. The van der Waals surface area contributed by atoms with Gasteiger partial charge in [-0.1, -0.05) is 6.58 Å². The van der Waals surface area contributed by atoms with Gasteiger partial charge in [0.25, 0.3) is 0 Å². The van der Waals surface area contributed by atoms with Gasteiger partial charge < -0.3 is 10.2 Å². The van der Waals surface area contributed by atoms with Gasteiger partial charge in [-0.2, -0.15) is 0 Å². The number of rotatable bonds is 1. The summed E-state index contributed by atoms with van der Waals surface area (Å²) in [5, 5.41) is 6.94. The Kier molecular flexibility index (Phi) is 2.30. The van der Waals surface area contributed by atoms with Crippen LogP contribution in [0, 0.1) is 0 Å². The summed E-state index contributed by atoms with van der Waals surface area (Å²) in [5.41, 5.74) is 1.53. The van der Waals surface area contributed by atoms with E-state index in [0.717, 1.165) is 19.8 Å². The Morgan fingerprint density at radius 3 is 3.00 bits per heavy atom. The number of nitrogens with zero attached hydrogens (tertiary/aromatic N) is 1.